The van der Waals surface area contributed by atoms with Gasteiger partial charge in [-0.05, 0) is 0 Å². The van der Waals surface area contributed by atoms with Crippen LogP contribution in [0.1, 0.15) is 0 Å². The van der Waals surface area contributed by atoms with E-state index in [2.05, 4.69) is 0 Å². The van der Waals surface area contributed by atoms with Crippen LogP contribution in [-0.2, 0) is 27.5 Å². The molecule has 0 aliphatic carbocycles. The standard InChI is InChI=1S/Fe.H3N.H2O4S/c;;1-5(2,3)4/h;1H3;(H2,1,2,3,4)/q+1;;/p-1. The fraction of sp³-hybridized carbons (Fsp3) is 0. The summed E-state index contributed by atoms with van der Waals surface area (Å²) >= 11 is 0. The van der Waals surface area contributed by atoms with E-state index in [1.54, 1.807) is 0 Å². The monoisotopic (exact) mass is 170 g/mol. The number of hydrogen-bond acceptors (Lipinski definition) is 4. The summed E-state index contributed by atoms with van der Waals surface area (Å²) in [5.41, 5.74) is 0. The smallest absolute Gasteiger partial charge is 0.759 e. The zero-order valence-electron chi connectivity index (χ0n) is 3.39. The van der Waals surface area contributed by atoms with E-state index in [0.717, 1.165) is 0 Å². The van der Waals surface area contributed by atoms with Crippen LogP contribution in [0.15, 0.2) is 0 Å². The topological polar surface area (TPSA) is 117 Å². The second kappa shape index (κ2) is 4.51. The molecule has 0 heterocycles. The zero-order chi connectivity index (χ0) is 4.50. The van der Waals surface area contributed by atoms with Gasteiger partial charge in [0.2, 0.25) is 0 Å². The summed E-state index contributed by atoms with van der Waals surface area (Å²) in [6.07, 6.45) is 0. The van der Waals surface area contributed by atoms with Gasteiger partial charge >= 0.3 is 17.1 Å². The fourth-order valence-electron chi connectivity index (χ4n) is 0. The van der Waals surface area contributed by atoms with E-state index in [1.165, 1.54) is 0 Å². The number of hydrogen-bond donors (Lipinski definition) is 1. The maximum absolute atomic E-state index is 8.52. The maximum atomic E-state index is 8.52. The van der Waals surface area contributed by atoms with Crippen molar-refractivity contribution in [3.8, 4) is 0 Å². The molecule has 0 saturated carbocycles. The van der Waals surface area contributed by atoms with Gasteiger partial charge in [-0.15, -0.1) is 0 Å². The predicted molar refractivity (Wildman–Crippen MR) is 16.5 cm³/mol. The molecule has 7 heteroatoms. The summed E-state index contributed by atoms with van der Waals surface area (Å²) in [5, 5.41) is 0. The molecule has 4 N–H and O–H groups in total. The first kappa shape index (κ1) is 15.7. The minimum absolute atomic E-state index is 0. The first-order valence-corrected chi connectivity index (χ1v) is 2.00. The van der Waals surface area contributed by atoms with E-state index in [-0.39, 0.29) is 23.2 Å². The van der Waals surface area contributed by atoms with Crippen LogP contribution in [0.2, 0.25) is 0 Å². The molecule has 7 heavy (non-hydrogen) atoms. The molecular weight excluding hydrogens is 166 g/mol. The van der Waals surface area contributed by atoms with Gasteiger partial charge in [-0.1, -0.05) is 0 Å². The van der Waals surface area contributed by atoms with Crippen molar-refractivity contribution in [2.24, 2.45) is 0 Å². The van der Waals surface area contributed by atoms with Crippen LogP contribution in [0.4, 0.5) is 0 Å². The first-order valence-electron chi connectivity index (χ1n) is 0.667. The molecule has 0 spiro atoms. The van der Waals surface area contributed by atoms with E-state index in [4.69, 9.17) is 17.5 Å². The summed E-state index contributed by atoms with van der Waals surface area (Å²) in [6, 6.07) is 0. The molecule has 0 aliphatic heterocycles. The molecule has 0 unspecified atom stereocenters. The molecule has 0 atom stereocenters. The van der Waals surface area contributed by atoms with Crippen molar-refractivity contribution in [1.29, 1.82) is 0 Å². The minimum Gasteiger partial charge on any atom is -0.759 e. The van der Waals surface area contributed by atoms with E-state index in [9.17, 15) is 0 Å². The summed E-state index contributed by atoms with van der Waals surface area (Å²) in [4.78, 5) is 0. The molecule has 0 fully saturated rings. The largest absolute Gasteiger partial charge is 1.00 e. The van der Waals surface area contributed by atoms with Crippen molar-refractivity contribution in [3.05, 3.63) is 0 Å². The molecule has 0 aromatic heterocycles. The van der Waals surface area contributed by atoms with Crippen LogP contribution >= 0.6 is 0 Å². The molecular formula is H4FeNO4S. The van der Waals surface area contributed by atoms with Gasteiger partial charge in [0, 0.05) is 10.4 Å². The van der Waals surface area contributed by atoms with Gasteiger partial charge in [0.15, 0.2) is 0 Å². The van der Waals surface area contributed by atoms with Crippen LogP contribution in [0.3, 0.4) is 0 Å². The summed E-state index contributed by atoms with van der Waals surface area (Å²) in [5.74, 6) is 0. The van der Waals surface area contributed by atoms with Crippen LogP contribution in [0.5, 0.6) is 0 Å². The normalized spacial score (nSPS) is 8.29. The summed E-state index contributed by atoms with van der Waals surface area (Å²) < 4.78 is 34.1. The predicted octanol–water partition coefficient (Wildman–Crippen LogP) is -0.964. The number of rotatable bonds is 0. The Hall–Kier alpha value is 0.349. The molecule has 0 aliphatic rings. The molecule has 0 aromatic rings. The minimum atomic E-state index is -5.17. The zero-order valence-corrected chi connectivity index (χ0v) is 5.32. The molecule has 5 nitrogen and oxygen atoms in total. The van der Waals surface area contributed by atoms with Gasteiger partial charge < -0.3 is 15.3 Å². The second-order valence-corrected chi connectivity index (χ2v) is 1.22. The van der Waals surface area contributed by atoms with Gasteiger partial charge in [0.05, 0.1) is 0 Å². The Morgan fingerprint density at radius 1 is 1.14 bits per heavy atom. The molecule has 0 rings (SSSR count). The molecule has 47 valence electrons. The van der Waals surface area contributed by atoms with E-state index >= 15 is 0 Å². The molecule has 1 radical (unpaired) electrons. The van der Waals surface area contributed by atoms with Crippen molar-refractivity contribution >= 4 is 10.4 Å². The third kappa shape index (κ3) is 983. The van der Waals surface area contributed by atoms with Crippen LogP contribution in [-0.4, -0.2) is 17.5 Å². The Morgan fingerprint density at radius 2 is 1.14 bits per heavy atom. The summed E-state index contributed by atoms with van der Waals surface area (Å²) in [7, 11) is -5.17. The van der Waals surface area contributed by atoms with Gasteiger partial charge in [0.25, 0.3) is 0 Å². The van der Waals surface area contributed by atoms with Gasteiger partial charge in [-0.25, -0.2) is 0 Å². The van der Waals surface area contributed by atoms with E-state index < -0.39 is 10.4 Å². The van der Waals surface area contributed by atoms with Crippen molar-refractivity contribution in [1.82, 2.24) is 6.15 Å². The van der Waals surface area contributed by atoms with E-state index in [0.29, 0.717) is 0 Å². The average Bonchev–Trinajstić information content (AvgIpc) is 0.722. The third-order valence-electron chi connectivity index (χ3n) is 0. The Bertz CT molecular complexity index is 94.9. The van der Waals surface area contributed by atoms with Gasteiger partial charge in [0.1, 0.15) is 0 Å². The van der Waals surface area contributed by atoms with Crippen LogP contribution in [0.25, 0.3) is 0 Å². The Morgan fingerprint density at radius 3 is 1.14 bits per heavy atom. The Kier molecular flexibility index (Phi) is 10.1. The molecule has 0 saturated heterocycles. The van der Waals surface area contributed by atoms with Gasteiger partial charge in [-0.2, -0.15) is 0 Å². The Labute approximate surface area is 51.7 Å². The first-order chi connectivity index (χ1) is 2.00. The van der Waals surface area contributed by atoms with Crippen LogP contribution < -0.4 is 6.15 Å². The quantitative estimate of drug-likeness (QED) is 0.286. The van der Waals surface area contributed by atoms with Crippen molar-refractivity contribution in [2.45, 2.75) is 0 Å². The van der Waals surface area contributed by atoms with Gasteiger partial charge in [-0.3, -0.25) is 8.42 Å². The summed E-state index contributed by atoms with van der Waals surface area (Å²) in [6.45, 7) is 0. The average molecular weight is 170 g/mol. The van der Waals surface area contributed by atoms with Crippen molar-refractivity contribution < 1.29 is 34.6 Å². The SMILES string of the molecule is O=S(=O)([O-])[O-].[Fe+].[NH4+]. The number of quaternary nitrogens is 1. The molecule has 0 bridgehead atoms. The molecule has 0 amide bonds. The maximum Gasteiger partial charge on any atom is 1.00 e. The second-order valence-electron chi connectivity index (χ2n) is 0.408. The Balaban J connectivity index is -0.0000000800. The van der Waals surface area contributed by atoms with Crippen molar-refractivity contribution in [2.75, 3.05) is 0 Å². The van der Waals surface area contributed by atoms with E-state index in [1.807, 2.05) is 0 Å². The molecule has 0 aromatic carbocycles. The fourth-order valence-corrected chi connectivity index (χ4v) is 0. The van der Waals surface area contributed by atoms with Crippen molar-refractivity contribution in [3.63, 3.8) is 0 Å². The third-order valence-corrected chi connectivity index (χ3v) is 0. The van der Waals surface area contributed by atoms with Crippen LogP contribution in [0, 0.1) is 0 Å².